The molecule has 2 amide bonds. The number of benzene rings is 1. The van der Waals surface area contributed by atoms with Crippen LogP contribution in [0.15, 0.2) is 48.7 Å². The minimum atomic E-state index is -0.0238. The van der Waals surface area contributed by atoms with Gasteiger partial charge in [0.1, 0.15) is 12.4 Å². The first-order valence-corrected chi connectivity index (χ1v) is 10.3. The van der Waals surface area contributed by atoms with E-state index in [-0.39, 0.29) is 17.7 Å². The SMILES string of the molecule is CCCC(=O)N1CCC(C(=O)NCc2cccc(OCc3ccccn3)c2)CC1. The van der Waals surface area contributed by atoms with E-state index in [9.17, 15) is 9.59 Å². The molecule has 0 spiro atoms. The van der Waals surface area contributed by atoms with E-state index in [1.165, 1.54) is 0 Å². The van der Waals surface area contributed by atoms with Gasteiger partial charge in [0.25, 0.3) is 0 Å². The summed E-state index contributed by atoms with van der Waals surface area (Å²) in [5.41, 5.74) is 1.86. The molecule has 154 valence electrons. The van der Waals surface area contributed by atoms with E-state index in [1.807, 2.05) is 54.3 Å². The third-order valence-electron chi connectivity index (χ3n) is 5.16. The molecule has 3 rings (SSSR count). The summed E-state index contributed by atoms with van der Waals surface area (Å²) >= 11 is 0. The number of amides is 2. The molecule has 2 aromatic rings. The molecule has 0 saturated carbocycles. The van der Waals surface area contributed by atoms with Crippen LogP contribution in [-0.2, 0) is 22.7 Å². The Kier molecular flexibility index (Phi) is 7.61. The highest BCUT2D eigenvalue weighted by Crippen LogP contribution is 2.19. The van der Waals surface area contributed by atoms with Gasteiger partial charge in [0.2, 0.25) is 11.8 Å². The number of piperidine rings is 1. The zero-order valence-corrected chi connectivity index (χ0v) is 17.0. The predicted molar refractivity (Wildman–Crippen MR) is 111 cm³/mol. The fourth-order valence-corrected chi connectivity index (χ4v) is 3.48. The summed E-state index contributed by atoms with van der Waals surface area (Å²) in [4.78, 5) is 30.6. The van der Waals surface area contributed by atoms with E-state index in [4.69, 9.17) is 4.74 Å². The number of aromatic nitrogens is 1. The molecule has 1 fully saturated rings. The molecule has 0 aliphatic carbocycles. The lowest BCUT2D eigenvalue weighted by atomic mass is 9.95. The molecule has 0 bridgehead atoms. The van der Waals surface area contributed by atoms with Crippen LogP contribution in [0.3, 0.4) is 0 Å². The van der Waals surface area contributed by atoms with E-state index in [1.54, 1.807) is 6.20 Å². The van der Waals surface area contributed by atoms with Crippen molar-refractivity contribution < 1.29 is 14.3 Å². The molecular weight excluding hydrogens is 366 g/mol. The standard InChI is InChI=1S/C23H29N3O3/c1-2-6-22(27)26-13-10-19(11-14-26)23(28)25-16-18-7-5-9-21(15-18)29-17-20-8-3-4-12-24-20/h3-5,7-9,12,15,19H,2,6,10-11,13-14,16-17H2,1H3,(H,25,28). The molecule has 1 aromatic carbocycles. The lowest BCUT2D eigenvalue weighted by Gasteiger charge is -2.31. The first-order chi connectivity index (χ1) is 14.2. The van der Waals surface area contributed by atoms with E-state index in [0.29, 0.717) is 32.7 Å². The van der Waals surface area contributed by atoms with Crippen LogP contribution in [-0.4, -0.2) is 34.8 Å². The van der Waals surface area contributed by atoms with Gasteiger partial charge in [0.15, 0.2) is 0 Å². The smallest absolute Gasteiger partial charge is 0.223 e. The third-order valence-corrected chi connectivity index (χ3v) is 5.16. The molecule has 2 heterocycles. The Morgan fingerprint density at radius 2 is 2.00 bits per heavy atom. The van der Waals surface area contributed by atoms with Gasteiger partial charge in [-0.25, -0.2) is 0 Å². The Morgan fingerprint density at radius 3 is 2.72 bits per heavy atom. The van der Waals surface area contributed by atoms with Crippen molar-refractivity contribution in [2.45, 2.75) is 45.8 Å². The molecule has 0 atom stereocenters. The number of carbonyl (C=O) groups excluding carboxylic acids is 2. The molecule has 6 nitrogen and oxygen atoms in total. The Balaban J connectivity index is 1.44. The summed E-state index contributed by atoms with van der Waals surface area (Å²) in [6.45, 7) is 4.23. The Hall–Kier alpha value is -2.89. The lowest BCUT2D eigenvalue weighted by Crippen LogP contribution is -2.42. The van der Waals surface area contributed by atoms with Crippen LogP contribution in [0.1, 0.15) is 43.9 Å². The Bertz CT molecular complexity index is 802. The van der Waals surface area contributed by atoms with Crippen molar-refractivity contribution in [2.75, 3.05) is 13.1 Å². The molecule has 1 saturated heterocycles. The van der Waals surface area contributed by atoms with Gasteiger partial charge in [-0.05, 0) is 49.1 Å². The second-order valence-electron chi connectivity index (χ2n) is 7.38. The predicted octanol–water partition coefficient (Wildman–Crippen LogP) is 3.32. The molecule has 1 N–H and O–H groups in total. The zero-order chi connectivity index (χ0) is 20.5. The average Bonchev–Trinajstić information content (AvgIpc) is 2.77. The first-order valence-electron chi connectivity index (χ1n) is 10.3. The summed E-state index contributed by atoms with van der Waals surface area (Å²) in [7, 11) is 0. The highest BCUT2D eigenvalue weighted by atomic mass is 16.5. The quantitative estimate of drug-likeness (QED) is 0.744. The average molecular weight is 396 g/mol. The van der Waals surface area contributed by atoms with Crippen LogP contribution in [0, 0.1) is 5.92 Å². The number of rotatable bonds is 8. The van der Waals surface area contributed by atoms with Crippen LogP contribution >= 0.6 is 0 Å². The number of hydrogen-bond acceptors (Lipinski definition) is 4. The van der Waals surface area contributed by atoms with Crippen molar-refractivity contribution in [1.82, 2.24) is 15.2 Å². The number of carbonyl (C=O) groups is 2. The molecule has 1 aliphatic heterocycles. The fraction of sp³-hybridized carbons (Fsp3) is 0.435. The van der Waals surface area contributed by atoms with E-state index in [0.717, 1.165) is 36.3 Å². The largest absolute Gasteiger partial charge is 0.487 e. The monoisotopic (exact) mass is 395 g/mol. The van der Waals surface area contributed by atoms with Crippen molar-refractivity contribution in [3.05, 3.63) is 59.9 Å². The number of likely N-dealkylation sites (tertiary alicyclic amines) is 1. The van der Waals surface area contributed by atoms with Gasteiger partial charge in [0.05, 0.1) is 5.69 Å². The second-order valence-corrected chi connectivity index (χ2v) is 7.38. The molecule has 0 radical (unpaired) electrons. The number of nitrogens with one attached hydrogen (secondary N) is 1. The van der Waals surface area contributed by atoms with E-state index >= 15 is 0 Å². The minimum absolute atomic E-state index is 0.0238. The summed E-state index contributed by atoms with van der Waals surface area (Å²) < 4.78 is 5.80. The van der Waals surface area contributed by atoms with Crippen LogP contribution < -0.4 is 10.1 Å². The first kappa shape index (κ1) is 20.8. The van der Waals surface area contributed by atoms with E-state index < -0.39 is 0 Å². The summed E-state index contributed by atoms with van der Waals surface area (Å²) in [6.07, 6.45) is 4.66. The van der Waals surface area contributed by atoms with Crippen LogP contribution in [0.4, 0.5) is 0 Å². The number of hydrogen-bond donors (Lipinski definition) is 1. The van der Waals surface area contributed by atoms with Gasteiger partial charge < -0.3 is 15.0 Å². The highest BCUT2D eigenvalue weighted by Gasteiger charge is 2.26. The maximum atomic E-state index is 12.5. The number of pyridine rings is 1. The van der Waals surface area contributed by atoms with E-state index in [2.05, 4.69) is 10.3 Å². The zero-order valence-electron chi connectivity index (χ0n) is 17.0. The van der Waals surface area contributed by atoms with Gasteiger partial charge in [0, 0.05) is 38.2 Å². The van der Waals surface area contributed by atoms with Crippen LogP contribution in [0.5, 0.6) is 5.75 Å². The van der Waals surface area contributed by atoms with Crippen molar-refractivity contribution in [3.8, 4) is 5.75 Å². The molecule has 29 heavy (non-hydrogen) atoms. The Morgan fingerprint density at radius 1 is 1.17 bits per heavy atom. The van der Waals surface area contributed by atoms with Crippen molar-refractivity contribution in [2.24, 2.45) is 5.92 Å². The van der Waals surface area contributed by atoms with Crippen molar-refractivity contribution >= 4 is 11.8 Å². The highest BCUT2D eigenvalue weighted by molar-refractivity contribution is 5.80. The summed E-state index contributed by atoms with van der Waals surface area (Å²) in [6, 6.07) is 13.5. The van der Waals surface area contributed by atoms with Crippen LogP contribution in [0.2, 0.25) is 0 Å². The number of ether oxygens (including phenoxy) is 1. The van der Waals surface area contributed by atoms with Gasteiger partial charge >= 0.3 is 0 Å². The second kappa shape index (κ2) is 10.6. The van der Waals surface area contributed by atoms with Crippen molar-refractivity contribution in [3.63, 3.8) is 0 Å². The Labute approximate surface area is 172 Å². The molecule has 1 aromatic heterocycles. The van der Waals surface area contributed by atoms with Crippen LogP contribution in [0.25, 0.3) is 0 Å². The van der Waals surface area contributed by atoms with Crippen molar-refractivity contribution in [1.29, 1.82) is 0 Å². The summed E-state index contributed by atoms with van der Waals surface area (Å²) in [5.74, 6) is 0.996. The lowest BCUT2D eigenvalue weighted by molar-refractivity contribution is -0.135. The normalized spacial score (nSPS) is 14.4. The molecule has 6 heteroatoms. The van der Waals surface area contributed by atoms with Gasteiger partial charge in [-0.3, -0.25) is 14.6 Å². The van der Waals surface area contributed by atoms with Gasteiger partial charge in [-0.15, -0.1) is 0 Å². The van der Waals surface area contributed by atoms with Gasteiger partial charge in [-0.2, -0.15) is 0 Å². The number of nitrogens with zero attached hydrogens (tertiary/aromatic N) is 2. The summed E-state index contributed by atoms with van der Waals surface area (Å²) in [5, 5.41) is 3.03. The third kappa shape index (κ3) is 6.31. The molecular formula is C23H29N3O3. The maximum Gasteiger partial charge on any atom is 0.223 e. The molecule has 1 aliphatic rings. The maximum absolute atomic E-state index is 12.5. The minimum Gasteiger partial charge on any atom is -0.487 e. The topological polar surface area (TPSA) is 71.5 Å². The fourth-order valence-electron chi connectivity index (χ4n) is 3.48. The van der Waals surface area contributed by atoms with Gasteiger partial charge in [-0.1, -0.05) is 25.1 Å². The molecule has 0 unspecified atom stereocenters.